The van der Waals surface area contributed by atoms with E-state index in [1.165, 1.54) is 0 Å². The van der Waals surface area contributed by atoms with Gasteiger partial charge < -0.3 is 15.0 Å². The van der Waals surface area contributed by atoms with Gasteiger partial charge in [0.1, 0.15) is 11.8 Å². The van der Waals surface area contributed by atoms with Gasteiger partial charge in [0.05, 0.1) is 6.61 Å². The van der Waals surface area contributed by atoms with Gasteiger partial charge in [-0.05, 0) is 56.0 Å². The minimum atomic E-state index is -0.551. The molecule has 1 atom stereocenters. The van der Waals surface area contributed by atoms with E-state index in [2.05, 4.69) is 5.32 Å². The molecule has 168 valence electrons. The van der Waals surface area contributed by atoms with Crippen LogP contribution in [-0.4, -0.2) is 35.9 Å². The summed E-state index contributed by atoms with van der Waals surface area (Å²) in [6.45, 7) is 9.29. The molecule has 2 aromatic carbocycles. The van der Waals surface area contributed by atoms with E-state index < -0.39 is 6.04 Å². The second kappa shape index (κ2) is 12.4. The summed E-state index contributed by atoms with van der Waals surface area (Å²) >= 11 is 5.88. The van der Waals surface area contributed by atoms with Crippen molar-refractivity contribution in [2.24, 2.45) is 5.92 Å². The molecule has 31 heavy (non-hydrogen) atoms. The highest BCUT2D eigenvalue weighted by molar-refractivity contribution is 6.30. The van der Waals surface area contributed by atoms with Crippen LogP contribution in [0.3, 0.4) is 0 Å². The number of benzene rings is 2. The van der Waals surface area contributed by atoms with Crippen LogP contribution in [0.2, 0.25) is 5.02 Å². The van der Waals surface area contributed by atoms with Crippen LogP contribution in [0.1, 0.15) is 44.7 Å². The van der Waals surface area contributed by atoms with Gasteiger partial charge >= 0.3 is 0 Å². The molecule has 0 aromatic heterocycles. The van der Waals surface area contributed by atoms with E-state index in [1.54, 1.807) is 36.1 Å². The first-order valence-electron chi connectivity index (χ1n) is 10.8. The number of carbonyl (C=O) groups is 2. The molecule has 0 saturated heterocycles. The van der Waals surface area contributed by atoms with E-state index in [4.69, 9.17) is 16.3 Å². The van der Waals surface area contributed by atoms with Crippen LogP contribution in [0, 0.1) is 12.8 Å². The third-order valence-electron chi connectivity index (χ3n) is 4.94. The molecule has 5 nitrogen and oxygen atoms in total. The molecule has 2 amide bonds. The Hall–Kier alpha value is -2.53. The maximum atomic E-state index is 13.0. The van der Waals surface area contributed by atoms with Gasteiger partial charge in [0, 0.05) is 24.5 Å². The number of carbonyl (C=O) groups excluding carboxylic acids is 2. The van der Waals surface area contributed by atoms with Gasteiger partial charge in [-0.3, -0.25) is 9.59 Å². The summed E-state index contributed by atoms with van der Waals surface area (Å²) in [5, 5.41) is 3.59. The van der Waals surface area contributed by atoms with Gasteiger partial charge in [-0.25, -0.2) is 0 Å². The summed E-state index contributed by atoms with van der Waals surface area (Å²) in [7, 11) is 0. The topological polar surface area (TPSA) is 58.6 Å². The molecule has 0 aliphatic rings. The van der Waals surface area contributed by atoms with Gasteiger partial charge in [-0.15, -0.1) is 0 Å². The predicted molar refractivity (Wildman–Crippen MR) is 125 cm³/mol. The second-order valence-electron chi connectivity index (χ2n) is 8.23. The lowest BCUT2D eigenvalue weighted by atomic mass is 10.1. The zero-order valence-corrected chi connectivity index (χ0v) is 19.6. The van der Waals surface area contributed by atoms with E-state index in [0.717, 1.165) is 16.9 Å². The highest BCUT2D eigenvalue weighted by atomic mass is 35.5. The Morgan fingerprint density at radius 1 is 1.03 bits per heavy atom. The van der Waals surface area contributed by atoms with Crippen molar-refractivity contribution in [3.05, 3.63) is 64.7 Å². The summed E-state index contributed by atoms with van der Waals surface area (Å²) in [6.07, 6.45) is 0.868. The minimum absolute atomic E-state index is 0.0625. The second-order valence-corrected chi connectivity index (χ2v) is 8.66. The number of hydrogen-bond acceptors (Lipinski definition) is 3. The highest BCUT2D eigenvalue weighted by Crippen LogP contribution is 2.17. The van der Waals surface area contributed by atoms with Gasteiger partial charge in [0.2, 0.25) is 11.8 Å². The first kappa shape index (κ1) is 24.7. The van der Waals surface area contributed by atoms with Crippen molar-refractivity contribution in [2.45, 2.75) is 53.1 Å². The number of ether oxygens (including phenoxy) is 1. The average Bonchev–Trinajstić information content (AvgIpc) is 2.75. The summed E-state index contributed by atoms with van der Waals surface area (Å²) in [4.78, 5) is 27.3. The molecule has 0 fully saturated rings. The molecular weight excluding hydrogens is 412 g/mol. The Bertz CT molecular complexity index is 835. The van der Waals surface area contributed by atoms with E-state index in [-0.39, 0.29) is 11.8 Å². The van der Waals surface area contributed by atoms with Crippen LogP contribution in [0.25, 0.3) is 0 Å². The molecule has 1 N–H and O–H groups in total. The molecule has 0 aliphatic carbocycles. The quantitative estimate of drug-likeness (QED) is 0.496. The van der Waals surface area contributed by atoms with Gasteiger partial charge in [-0.2, -0.15) is 0 Å². The maximum absolute atomic E-state index is 13.0. The summed E-state index contributed by atoms with van der Waals surface area (Å²) < 4.78 is 5.69. The van der Waals surface area contributed by atoms with Crippen LogP contribution < -0.4 is 10.1 Å². The Labute approximate surface area is 190 Å². The lowest BCUT2D eigenvalue weighted by molar-refractivity contribution is -0.140. The average molecular weight is 445 g/mol. The van der Waals surface area contributed by atoms with Crippen molar-refractivity contribution in [1.82, 2.24) is 10.2 Å². The van der Waals surface area contributed by atoms with E-state index in [1.807, 2.05) is 45.0 Å². The first-order valence-corrected chi connectivity index (χ1v) is 11.1. The standard InChI is InChI=1S/C25H33ClN2O3/c1-18(2)16-27-25(30)20(4)28(17-21-9-7-19(3)8-10-21)24(29)6-5-15-31-23-13-11-22(26)12-14-23/h7-14,18,20H,5-6,15-17H2,1-4H3,(H,27,30)/t20-/m0/s1. The number of hydrogen-bond donors (Lipinski definition) is 1. The Morgan fingerprint density at radius 3 is 2.29 bits per heavy atom. The maximum Gasteiger partial charge on any atom is 0.242 e. The van der Waals surface area contributed by atoms with Crippen molar-refractivity contribution in [2.75, 3.05) is 13.2 Å². The number of nitrogens with zero attached hydrogens (tertiary/aromatic N) is 1. The van der Waals surface area contributed by atoms with Gasteiger partial charge in [0.15, 0.2) is 0 Å². The molecule has 0 unspecified atom stereocenters. The summed E-state index contributed by atoms with van der Waals surface area (Å²) in [6, 6.07) is 14.6. The fourth-order valence-corrected chi connectivity index (χ4v) is 3.14. The van der Waals surface area contributed by atoms with Crippen molar-refractivity contribution in [3.8, 4) is 5.75 Å². The fourth-order valence-electron chi connectivity index (χ4n) is 3.01. The number of amides is 2. The fraction of sp³-hybridized carbons (Fsp3) is 0.440. The zero-order valence-electron chi connectivity index (χ0n) is 18.9. The highest BCUT2D eigenvalue weighted by Gasteiger charge is 2.25. The summed E-state index contributed by atoms with van der Waals surface area (Å²) in [5.41, 5.74) is 2.16. The first-order chi connectivity index (χ1) is 14.8. The Balaban J connectivity index is 1.97. The third-order valence-corrected chi connectivity index (χ3v) is 5.19. The van der Waals surface area contributed by atoms with Crippen molar-refractivity contribution in [3.63, 3.8) is 0 Å². The van der Waals surface area contributed by atoms with Crippen LogP contribution in [0.5, 0.6) is 5.75 Å². The molecule has 6 heteroatoms. The molecule has 0 radical (unpaired) electrons. The zero-order chi connectivity index (χ0) is 22.8. The number of aryl methyl sites for hydroxylation is 1. The Kier molecular flexibility index (Phi) is 9.86. The van der Waals surface area contributed by atoms with E-state index >= 15 is 0 Å². The van der Waals surface area contributed by atoms with Crippen LogP contribution in [-0.2, 0) is 16.1 Å². The molecule has 0 spiro atoms. The van der Waals surface area contributed by atoms with Crippen molar-refractivity contribution in [1.29, 1.82) is 0 Å². The number of rotatable bonds is 11. The monoisotopic (exact) mass is 444 g/mol. The normalized spacial score (nSPS) is 11.8. The van der Waals surface area contributed by atoms with Crippen LogP contribution >= 0.6 is 11.6 Å². The van der Waals surface area contributed by atoms with Crippen molar-refractivity contribution >= 4 is 23.4 Å². The molecule has 2 rings (SSSR count). The van der Waals surface area contributed by atoms with Crippen LogP contribution in [0.15, 0.2) is 48.5 Å². The number of halogens is 1. The molecule has 0 heterocycles. The van der Waals surface area contributed by atoms with Crippen molar-refractivity contribution < 1.29 is 14.3 Å². The third kappa shape index (κ3) is 8.62. The van der Waals surface area contributed by atoms with Gasteiger partial charge in [-0.1, -0.05) is 55.3 Å². The SMILES string of the molecule is Cc1ccc(CN(C(=O)CCCOc2ccc(Cl)cc2)[C@@H](C)C(=O)NCC(C)C)cc1. The smallest absolute Gasteiger partial charge is 0.242 e. The van der Waals surface area contributed by atoms with E-state index in [0.29, 0.717) is 43.5 Å². The minimum Gasteiger partial charge on any atom is -0.494 e. The van der Waals surface area contributed by atoms with E-state index in [9.17, 15) is 9.59 Å². The molecule has 0 saturated carbocycles. The predicted octanol–water partition coefficient (Wildman–Crippen LogP) is 5.00. The van der Waals surface area contributed by atoms with Crippen LogP contribution in [0.4, 0.5) is 0 Å². The molecular formula is C25H33ClN2O3. The molecule has 2 aromatic rings. The lowest BCUT2D eigenvalue weighted by Crippen LogP contribution is -2.48. The van der Waals surface area contributed by atoms with Gasteiger partial charge in [0.25, 0.3) is 0 Å². The lowest BCUT2D eigenvalue weighted by Gasteiger charge is -2.29. The molecule has 0 bridgehead atoms. The number of nitrogens with one attached hydrogen (secondary N) is 1. The summed E-state index contributed by atoms with van der Waals surface area (Å²) in [5.74, 6) is 0.872. The Morgan fingerprint density at radius 2 is 1.68 bits per heavy atom. The molecule has 0 aliphatic heterocycles. The largest absolute Gasteiger partial charge is 0.494 e.